The highest BCUT2D eigenvalue weighted by molar-refractivity contribution is 6.42. The van der Waals surface area contributed by atoms with Crippen LogP contribution < -0.4 is 5.32 Å². The number of aliphatic carboxylic acids is 1. The van der Waals surface area contributed by atoms with Crippen LogP contribution in [0.2, 0.25) is 0 Å². The van der Waals surface area contributed by atoms with Gasteiger partial charge in [-0.3, -0.25) is 24.0 Å². The lowest BCUT2D eigenvalue weighted by atomic mass is 10.1. The fraction of sp³-hybridized carbons (Fsp3) is 0.476. The lowest BCUT2D eigenvalue weighted by Gasteiger charge is -2.34. The van der Waals surface area contributed by atoms with Crippen molar-refractivity contribution in [2.45, 2.75) is 33.1 Å². The van der Waals surface area contributed by atoms with Gasteiger partial charge in [-0.15, -0.1) is 0 Å². The SMILES string of the molecule is CC(C)C(=O)Nc1ccc(C(=O)C(=O)N2CCN(C(=O)CCCC(=O)O)CC2)cc1. The highest BCUT2D eigenvalue weighted by atomic mass is 16.4. The van der Waals surface area contributed by atoms with Crippen LogP contribution in [0.4, 0.5) is 5.69 Å². The Morgan fingerprint density at radius 1 is 0.933 bits per heavy atom. The lowest BCUT2D eigenvalue weighted by molar-refractivity contribution is -0.139. The average molecular weight is 417 g/mol. The number of carbonyl (C=O) groups excluding carboxylic acids is 4. The predicted octanol–water partition coefficient (Wildman–Crippen LogP) is 1.39. The second-order valence-corrected chi connectivity index (χ2v) is 7.47. The fourth-order valence-corrected chi connectivity index (χ4v) is 2.97. The lowest BCUT2D eigenvalue weighted by Crippen LogP contribution is -2.52. The highest BCUT2D eigenvalue weighted by Gasteiger charge is 2.28. The van der Waals surface area contributed by atoms with E-state index >= 15 is 0 Å². The minimum atomic E-state index is -0.938. The molecule has 0 radical (unpaired) electrons. The van der Waals surface area contributed by atoms with E-state index in [4.69, 9.17) is 5.11 Å². The van der Waals surface area contributed by atoms with Crippen molar-refractivity contribution in [2.75, 3.05) is 31.5 Å². The van der Waals surface area contributed by atoms with Crippen LogP contribution in [0.5, 0.6) is 0 Å². The first-order valence-electron chi connectivity index (χ1n) is 9.93. The molecule has 0 bridgehead atoms. The number of nitrogens with zero attached hydrogens (tertiary/aromatic N) is 2. The van der Waals surface area contributed by atoms with Gasteiger partial charge in [0.15, 0.2) is 0 Å². The molecule has 9 heteroatoms. The maximum absolute atomic E-state index is 12.5. The molecule has 9 nitrogen and oxygen atoms in total. The Bertz CT molecular complexity index is 811. The Kier molecular flexibility index (Phi) is 8.08. The van der Waals surface area contributed by atoms with Crippen molar-refractivity contribution in [3.8, 4) is 0 Å². The van der Waals surface area contributed by atoms with E-state index < -0.39 is 17.7 Å². The Morgan fingerprint density at radius 2 is 1.50 bits per heavy atom. The number of piperazine rings is 1. The van der Waals surface area contributed by atoms with Gasteiger partial charge in [0.2, 0.25) is 17.6 Å². The number of carbonyl (C=O) groups is 5. The van der Waals surface area contributed by atoms with Crippen molar-refractivity contribution in [3.05, 3.63) is 29.8 Å². The summed E-state index contributed by atoms with van der Waals surface area (Å²) in [6.07, 6.45) is 0.372. The normalized spacial score (nSPS) is 13.8. The summed E-state index contributed by atoms with van der Waals surface area (Å²) in [7, 11) is 0. The van der Waals surface area contributed by atoms with Crippen molar-refractivity contribution in [3.63, 3.8) is 0 Å². The first-order valence-corrected chi connectivity index (χ1v) is 9.93. The Labute approximate surface area is 175 Å². The zero-order chi connectivity index (χ0) is 22.3. The van der Waals surface area contributed by atoms with Crippen LogP contribution in [0.15, 0.2) is 24.3 Å². The van der Waals surface area contributed by atoms with Crippen LogP contribution in [0.25, 0.3) is 0 Å². The van der Waals surface area contributed by atoms with Crippen LogP contribution in [0, 0.1) is 5.92 Å². The average Bonchev–Trinajstić information content (AvgIpc) is 2.73. The quantitative estimate of drug-likeness (QED) is 0.487. The summed E-state index contributed by atoms with van der Waals surface area (Å²) in [5.41, 5.74) is 0.780. The number of anilines is 1. The van der Waals surface area contributed by atoms with Gasteiger partial charge < -0.3 is 20.2 Å². The molecule has 0 aliphatic carbocycles. The van der Waals surface area contributed by atoms with E-state index in [9.17, 15) is 24.0 Å². The zero-order valence-corrected chi connectivity index (χ0v) is 17.2. The van der Waals surface area contributed by atoms with Crippen LogP contribution in [0.1, 0.15) is 43.5 Å². The molecule has 0 atom stereocenters. The number of benzene rings is 1. The van der Waals surface area contributed by atoms with Gasteiger partial charge in [-0.25, -0.2) is 0 Å². The van der Waals surface area contributed by atoms with E-state index in [1.54, 1.807) is 30.9 Å². The number of rotatable bonds is 8. The Morgan fingerprint density at radius 3 is 2.03 bits per heavy atom. The summed E-state index contributed by atoms with van der Waals surface area (Å²) >= 11 is 0. The first-order chi connectivity index (χ1) is 14.2. The third-order valence-electron chi connectivity index (χ3n) is 4.83. The van der Waals surface area contributed by atoms with Gasteiger partial charge in [-0.2, -0.15) is 0 Å². The van der Waals surface area contributed by atoms with Crippen molar-refractivity contribution in [2.24, 2.45) is 5.92 Å². The van der Waals surface area contributed by atoms with Gasteiger partial charge in [-0.05, 0) is 30.7 Å². The number of ketones is 1. The summed E-state index contributed by atoms with van der Waals surface area (Å²) in [6, 6.07) is 6.15. The standard InChI is InChI=1S/C21H27N3O6/c1-14(2)20(29)22-16-8-6-15(7-9-16)19(28)21(30)24-12-10-23(11-13-24)17(25)4-3-5-18(26)27/h6-9,14H,3-5,10-13H2,1-2H3,(H,22,29)(H,26,27). The smallest absolute Gasteiger partial charge is 0.303 e. The summed E-state index contributed by atoms with van der Waals surface area (Å²) < 4.78 is 0. The molecule has 3 amide bonds. The Balaban J connectivity index is 1.86. The minimum absolute atomic E-state index is 0.0569. The maximum atomic E-state index is 12.5. The molecule has 0 spiro atoms. The molecule has 1 aliphatic rings. The van der Waals surface area contributed by atoms with Crippen molar-refractivity contribution < 1.29 is 29.1 Å². The number of Topliss-reactive ketones (excluding diaryl/α,β-unsaturated/α-hetero) is 1. The molecule has 0 aromatic heterocycles. The second kappa shape index (κ2) is 10.5. The molecule has 2 rings (SSSR count). The molecule has 1 heterocycles. The van der Waals surface area contributed by atoms with E-state index in [0.29, 0.717) is 18.8 Å². The number of nitrogens with one attached hydrogen (secondary N) is 1. The van der Waals surface area contributed by atoms with E-state index in [2.05, 4.69) is 5.32 Å². The van der Waals surface area contributed by atoms with Gasteiger partial charge in [0, 0.05) is 56.2 Å². The highest BCUT2D eigenvalue weighted by Crippen LogP contribution is 2.14. The minimum Gasteiger partial charge on any atom is -0.481 e. The van der Waals surface area contributed by atoms with Crippen molar-refractivity contribution in [1.82, 2.24) is 9.80 Å². The third kappa shape index (κ3) is 6.40. The number of carboxylic acid groups (broad SMARTS) is 1. The summed E-state index contributed by atoms with van der Waals surface area (Å²) in [5, 5.41) is 11.4. The number of hydrogen-bond acceptors (Lipinski definition) is 5. The third-order valence-corrected chi connectivity index (χ3v) is 4.83. The molecular weight excluding hydrogens is 390 g/mol. The van der Waals surface area contributed by atoms with Crippen molar-refractivity contribution >= 4 is 35.2 Å². The molecule has 1 aliphatic heterocycles. The predicted molar refractivity (Wildman–Crippen MR) is 109 cm³/mol. The number of amides is 3. The second-order valence-electron chi connectivity index (χ2n) is 7.47. The molecule has 1 aromatic rings. The molecule has 162 valence electrons. The fourth-order valence-electron chi connectivity index (χ4n) is 2.97. The number of carboxylic acids is 1. The van der Waals surface area contributed by atoms with Crippen LogP contribution >= 0.6 is 0 Å². The van der Waals surface area contributed by atoms with Crippen LogP contribution in [0.3, 0.4) is 0 Å². The molecule has 1 fully saturated rings. The molecule has 0 unspecified atom stereocenters. The van der Waals surface area contributed by atoms with E-state index in [1.165, 1.54) is 17.0 Å². The Hall–Kier alpha value is -3.23. The molecular formula is C21H27N3O6. The van der Waals surface area contributed by atoms with Gasteiger partial charge >= 0.3 is 5.97 Å². The topological polar surface area (TPSA) is 124 Å². The van der Waals surface area contributed by atoms with Crippen LogP contribution in [-0.4, -0.2) is 70.6 Å². The van der Waals surface area contributed by atoms with Gasteiger partial charge in [0.1, 0.15) is 0 Å². The van der Waals surface area contributed by atoms with E-state index in [1.807, 2.05) is 0 Å². The van der Waals surface area contributed by atoms with Crippen LogP contribution in [-0.2, 0) is 19.2 Å². The molecule has 2 N–H and O–H groups in total. The summed E-state index contributed by atoms with van der Waals surface area (Å²) in [4.78, 5) is 62.3. The molecule has 0 saturated carbocycles. The zero-order valence-electron chi connectivity index (χ0n) is 17.2. The van der Waals surface area contributed by atoms with Gasteiger partial charge in [0.25, 0.3) is 5.91 Å². The maximum Gasteiger partial charge on any atom is 0.303 e. The van der Waals surface area contributed by atoms with Gasteiger partial charge in [-0.1, -0.05) is 13.8 Å². The monoisotopic (exact) mass is 417 g/mol. The van der Waals surface area contributed by atoms with E-state index in [-0.39, 0.29) is 55.6 Å². The van der Waals surface area contributed by atoms with E-state index in [0.717, 1.165) is 0 Å². The van der Waals surface area contributed by atoms with Crippen molar-refractivity contribution in [1.29, 1.82) is 0 Å². The number of hydrogen-bond donors (Lipinski definition) is 2. The molecule has 30 heavy (non-hydrogen) atoms. The largest absolute Gasteiger partial charge is 0.481 e. The molecule has 1 saturated heterocycles. The summed E-state index contributed by atoms with van der Waals surface area (Å²) in [5.74, 6) is -2.66. The molecule has 1 aromatic carbocycles. The summed E-state index contributed by atoms with van der Waals surface area (Å²) in [6.45, 7) is 4.66. The first kappa shape index (κ1) is 23.1. The van der Waals surface area contributed by atoms with Gasteiger partial charge in [0.05, 0.1) is 0 Å².